The van der Waals surface area contributed by atoms with Crippen molar-refractivity contribution < 1.29 is 14.7 Å². The zero-order valence-corrected chi connectivity index (χ0v) is 13.6. The SMILES string of the molecule is Cc1cnc(Nc2ccc(C(=O)NCC(=O)O)cc2)c2ccccc12. The lowest BCUT2D eigenvalue weighted by Gasteiger charge is -2.11. The smallest absolute Gasteiger partial charge is 0.322 e. The van der Waals surface area contributed by atoms with Crippen molar-refractivity contribution in [2.45, 2.75) is 6.92 Å². The summed E-state index contributed by atoms with van der Waals surface area (Å²) in [5, 5.41) is 16.3. The fraction of sp³-hybridized carbons (Fsp3) is 0.105. The molecule has 6 nitrogen and oxygen atoms in total. The van der Waals surface area contributed by atoms with E-state index >= 15 is 0 Å². The van der Waals surface area contributed by atoms with Crippen LogP contribution < -0.4 is 10.6 Å². The van der Waals surface area contributed by atoms with Gasteiger partial charge in [0, 0.05) is 22.8 Å². The van der Waals surface area contributed by atoms with E-state index in [1.807, 2.05) is 37.4 Å². The zero-order chi connectivity index (χ0) is 17.8. The van der Waals surface area contributed by atoms with Crippen LogP contribution in [0.1, 0.15) is 15.9 Å². The second kappa shape index (κ2) is 7.00. The van der Waals surface area contributed by atoms with Gasteiger partial charge in [-0.25, -0.2) is 4.98 Å². The number of nitrogens with zero attached hydrogens (tertiary/aromatic N) is 1. The summed E-state index contributed by atoms with van der Waals surface area (Å²) in [6, 6.07) is 14.8. The minimum absolute atomic E-state index is 0.397. The molecule has 2 aromatic carbocycles. The van der Waals surface area contributed by atoms with Gasteiger partial charge in [-0.1, -0.05) is 24.3 Å². The van der Waals surface area contributed by atoms with Crippen molar-refractivity contribution in [2.75, 3.05) is 11.9 Å². The third-order valence-corrected chi connectivity index (χ3v) is 3.80. The number of fused-ring (bicyclic) bond motifs is 1. The Morgan fingerprint density at radius 1 is 1.04 bits per heavy atom. The summed E-state index contributed by atoms with van der Waals surface area (Å²) in [5.74, 6) is -0.763. The van der Waals surface area contributed by atoms with Crippen molar-refractivity contribution in [1.29, 1.82) is 0 Å². The Morgan fingerprint density at radius 2 is 1.72 bits per heavy atom. The molecule has 0 atom stereocenters. The fourth-order valence-electron chi connectivity index (χ4n) is 2.53. The highest BCUT2D eigenvalue weighted by Gasteiger charge is 2.08. The molecule has 1 aromatic heterocycles. The number of aryl methyl sites for hydroxylation is 1. The van der Waals surface area contributed by atoms with Crippen LogP contribution in [0.5, 0.6) is 0 Å². The predicted molar refractivity (Wildman–Crippen MR) is 96.2 cm³/mol. The number of aliphatic carboxylic acids is 1. The summed E-state index contributed by atoms with van der Waals surface area (Å²) in [7, 11) is 0. The van der Waals surface area contributed by atoms with Crippen LogP contribution in [0.4, 0.5) is 11.5 Å². The maximum absolute atomic E-state index is 11.8. The van der Waals surface area contributed by atoms with Gasteiger partial charge < -0.3 is 15.7 Å². The molecule has 3 aromatic rings. The van der Waals surface area contributed by atoms with E-state index in [1.54, 1.807) is 24.3 Å². The van der Waals surface area contributed by atoms with Gasteiger partial charge in [-0.3, -0.25) is 9.59 Å². The molecule has 3 N–H and O–H groups in total. The molecule has 0 spiro atoms. The summed E-state index contributed by atoms with van der Waals surface area (Å²) in [4.78, 5) is 26.8. The lowest BCUT2D eigenvalue weighted by atomic mass is 10.1. The predicted octanol–water partition coefficient (Wildman–Crippen LogP) is 3.10. The van der Waals surface area contributed by atoms with Crippen LogP contribution in [0.25, 0.3) is 10.8 Å². The molecule has 0 saturated heterocycles. The second-order valence-corrected chi connectivity index (χ2v) is 5.61. The number of carboxylic acid groups (broad SMARTS) is 1. The van der Waals surface area contributed by atoms with Crippen LogP contribution in [0.3, 0.4) is 0 Å². The molecule has 1 heterocycles. The number of carboxylic acids is 1. The summed E-state index contributed by atoms with van der Waals surface area (Å²) in [6.07, 6.45) is 1.82. The number of hydrogen-bond acceptors (Lipinski definition) is 4. The van der Waals surface area contributed by atoms with Crippen molar-refractivity contribution in [2.24, 2.45) is 0 Å². The van der Waals surface area contributed by atoms with Crippen LogP contribution in [0, 0.1) is 6.92 Å². The van der Waals surface area contributed by atoms with Crippen molar-refractivity contribution >= 4 is 34.2 Å². The van der Waals surface area contributed by atoms with E-state index in [0.29, 0.717) is 5.56 Å². The highest BCUT2D eigenvalue weighted by Crippen LogP contribution is 2.26. The topological polar surface area (TPSA) is 91.3 Å². The third kappa shape index (κ3) is 3.74. The van der Waals surface area contributed by atoms with Crippen molar-refractivity contribution in [1.82, 2.24) is 10.3 Å². The van der Waals surface area contributed by atoms with Crippen LogP contribution >= 0.6 is 0 Å². The molecular formula is C19H17N3O3. The minimum Gasteiger partial charge on any atom is -0.480 e. The molecule has 0 fully saturated rings. The molecule has 0 aliphatic rings. The summed E-state index contributed by atoms with van der Waals surface area (Å²) in [5.41, 5.74) is 2.29. The lowest BCUT2D eigenvalue weighted by Crippen LogP contribution is -2.29. The van der Waals surface area contributed by atoms with Gasteiger partial charge >= 0.3 is 5.97 Å². The van der Waals surface area contributed by atoms with E-state index in [1.165, 1.54) is 0 Å². The minimum atomic E-state index is -1.08. The standard InChI is InChI=1S/C19H17N3O3/c1-12-10-20-18(16-5-3-2-4-15(12)16)22-14-8-6-13(7-9-14)19(25)21-11-17(23)24/h2-10H,11H2,1H3,(H,20,22)(H,21,25)(H,23,24). The first-order valence-electron chi connectivity index (χ1n) is 7.76. The second-order valence-electron chi connectivity index (χ2n) is 5.61. The number of rotatable bonds is 5. The molecule has 0 bridgehead atoms. The van der Waals surface area contributed by atoms with Crippen LogP contribution in [-0.2, 0) is 4.79 Å². The Bertz CT molecular complexity index is 936. The van der Waals surface area contributed by atoms with Crippen molar-refractivity contribution in [3.8, 4) is 0 Å². The van der Waals surface area contributed by atoms with Crippen LogP contribution in [-0.4, -0.2) is 28.5 Å². The Labute approximate surface area is 144 Å². The van der Waals surface area contributed by atoms with Gasteiger partial charge in [0.25, 0.3) is 5.91 Å². The lowest BCUT2D eigenvalue weighted by molar-refractivity contribution is -0.135. The third-order valence-electron chi connectivity index (χ3n) is 3.80. The Balaban J connectivity index is 1.79. The summed E-state index contributed by atoms with van der Waals surface area (Å²) < 4.78 is 0. The first kappa shape index (κ1) is 16.4. The highest BCUT2D eigenvalue weighted by molar-refractivity contribution is 5.97. The molecule has 0 unspecified atom stereocenters. The maximum atomic E-state index is 11.8. The molecule has 3 rings (SSSR count). The van der Waals surface area contributed by atoms with Gasteiger partial charge in [0.15, 0.2) is 0 Å². The van der Waals surface area contributed by atoms with Crippen LogP contribution in [0.2, 0.25) is 0 Å². The molecule has 1 amide bonds. The van der Waals surface area contributed by atoms with Gasteiger partial charge in [-0.2, -0.15) is 0 Å². The Morgan fingerprint density at radius 3 is 2.40 bits per heavy atom. The quantitative estimate of drug-likeness (QED) is 0.666. The van der Waals surface area contributed by atoms with E-state index < -0.39 is 18.4 Å². The average Bonchev–Trinajstić information content (AvgIpc) is 2.63. The first-order valence-corrected chi connectivity index (χ1v) is 7.76. The number of hydrogen-bond donors (Lipinski definition) is 3. The van der Waals surface area contributed by atoms with Crippen molar-refractivity contribution in [3.63, 3.8) is 0 Å². The van der Waals surface area contributed by atoms with Gasteiger partial charge in [0.1, 0.15) is 12.4 Å². The normalized spacial score (nSPS) is 10.4. The number of benzene rings is 2. The number of carbonyl (C=O) groups excluding carboxylic acids is 1. The van der Waals surface area contributed by atoms with E-state index in [-0.39, 0.29) is 0 Å². The molecule has 0 saturated carbocycles. The zero-order valence-electron chi connectivity index (χ0n) is 13.6. The van der Waals surface area contributed by atoms with Crippen LogP contribution in [0.15, 0.2) is 54.7 Å². The summed E-state index contributed by atoms with van der Waals surface area (Å²) >= 11 is 0. The molecular weight excluding hydrogens is 318 g/mol. The average molecular weight is 335 g/mol. The van der Waals surface area contributed by atoms with E-state index in [9.17, 15) is 9.59 Å². The first-order chi connectivity index (χ1) is 12.0. The molecule has 0 aliphatic carbocycles. The number of aromatic nitrogens is 1. The molecule has 126 valence electrons. The highest BCUT2D eigenvalue weighted by atomic mass is 16.4. The Hall–Kier alpha value is -3.41. The summed E-state index contributed by atoms with van der Waals surface area (Å²) in [6.45, 7) is 1.61. The molecule has 6 heteroatoms. The number of nitrogens with one attached hydrogen (secondary N) is 2. The maximum Gasteiger partial charge on any atom is 0.322 e. The molecule has 0 radical (unpaired) electrons. The van der Waals surface area contributed by atoms with Gasteiger partial charge in [-0.15, -0.1) is 0 Å². The molecule has 25 heavy (non-hydrogen) atoms. The van der Waals surface area contributed by atoms with E-state index in [4.69, 9.17) is 5.11 Å². The molecule has 0 aliphatic heterocycles. The largest absolute Gasteiger partial charge is 0.480 e. The van der Waals surface area contributed by atoms with Gasteiger partial charge in [0.2, 0.25) is 0 Å². The van der Waals surface area contributed by atoms with E-state index in [0.717, 1.165) is 27.8 Å². The number of pyridine rings is 1. The Kier molecular flexibility index (Phi) is 4.61. The number of carbonyl (C=O) groups is 2. The number of amides is 1. The van der Waals surface area contributed by atoms with E-state index in [2.05, 4.69) is 15.6 Å². The van der Waals surface area contributed by atoms with Crippen molar-refractivity contribution in [3.05, 3.63) is 65.9 Å². The fourth-order valence-corrected chi connectivity index (χ4v) is 2.53. The van der Waals surface area contributed by atoms with Gasteiger partial charge in [-0.05, 0) is 42.1 Å². The monoisotopic (exact) mass is 335 g/mol. The van der Waals surface area contributed by atoms with Gasteiger partial charge in [0.05, 0.1) is 0 Å². The number of anilines is 2.